The second kappa shape index (κ2) is 4.34. The van der Waals surface area contributed by atoms with Gasteiger partial charge in [0.25, 0.3) is 0 Å². The highest BCUT2D eigenvalue weighted by Gasteiger charge is 2.05. The Kier molecular flexibility index (Phi) is 3.38. The van der Waals surface area contributed by atoms with Crippen molar-refractivity contribution in [3.8, 4) is 0 Å². The Morgan fingerprint density at radius 3 is 2.64 bits per heavy atom. The summed E-state index contributed by atoms with van der Waals surface area (Å²) in [5, 5.41) is 2.58. The van der Waals surface area contributed by atoms with Crippen LogP contribution in [0.25, 0.3) is 0 Å². The van der Waals surface area contributed by atoms with Crippen LogP contribution in [-0.4, -0.2) is 14.7 Å². The molecule has 1 unspecified atom stereocenters. The van der Waals surface area contributed by atoms with Crippen molar-refractivity contribution in [2.75, 3.05) is 5.32 Å². The van der Waals surface area contributed by atoms with Gasteiger partial charge < -0.3 is 9.87 Å². The molecule has 1 aromatic carbocycles. The van der Waals surface area contributed by atoms with Gasteiger partial charge in [-0.3, -0.25) is 4.79 Å². The van der Waals surface area contributed by atoms with E-state index in [1.807, 2.05) is 6.92 Å². The minimum atomic E-state index is -2.01. The van der Waals surface area contributed by atoms with Gasteiger partial charge in [-0.25, -0.2) is 4.21 Å². The first kappa shape index (κ1) is 10.9. The number of hydrogen-bond acceptors (Lipinski definition) is 2. The Morgan fingerprint density at radius 1 is 1.50 bits per heavy atom. The molecule has 14 heavy (non-hydrogen) atoms. The summed E-state index contributed by atoms with van der Waals surface area (Å²) in [7, 11) is 0. The molecule has 4 nitrogen and oxygen atoms in total. The predicted molar refractivity (Wildman–Crippen MR) is 54.5 cm³/mol. The van der Waals surface area contributed by atoms with Crippen LogP contribution in [0.15, 0.2) is 23.1 Å². The summed E-state index contributed by atoms with van der Waals surface area (Å²) >= 11 is -2.01. The zero-order valence-corrected chi connectivity index (χ0v) is 8.72. The zero-order valence-electron chi connectivity index (χ0n) is 7.90. The maximum atomic E-state index is 10.8. The Labute approximate surface area is 84.6 Å². The standard InChI is InChI=1S/C9H11NO3S/c1-6-3-4-8(14(12)13)5-9(6)10-7(2)11/h3-5H,1-2H3,(H,10,11)(H,12,13). The lowest BCUT2D eigenvalue weighted by Gasteiger charge is -2.06. The third-order valence-corrected chi connectivity index (χ3v) is 2.38. The molecular weight excluding hydrogens is 202 g/mol. The number of carbonyl (C=O) groups is 1. The summed E-state index contributed by atoms with van der Waals surface area (Å²) in [4.78, 5) is 11.1. The Bertz CT molecular complexity index is 390. The second-order valence-electron chi connectivity index (χ2n) is 2.91. The van der Waals surface area contributed by atoms with E-state index in [0.717, 1.165) is 5.56 Å². The highest BCUT2D eigenvalue weighted by atomic mass is 32.2. The molecule has 76 valence electrons. The predicted octanol–water partition coefficient (Wildman–Crippen LogP) is 1.53. The minimum absolute atomic E-state index is 0.200. The minimum Gasteiger partial charge on any atom is -0.326 e. The molecule has 1 atom stereocenters. The normalized spacial score (nSPS) is 12.2. The summed E-state index contributed by atoms with van der Waals surface area (Å²) in [5.74, 6) is -0.200. The van der Waals surface area contributed by atoms with Crippen LogP contribution < -0.4 is 5.32 Å². The van der Waals surface area contributed by atoms with Crippen molar-refractivity contribution >= 4 is 22.7 Å². The van der Waals surface area contributed by atoms with Crippen molar-refractivity contribution in [2.45, 2.75) is 18.7 Å². The van der Waals surface area contributed by atoms with Crippen LogP contribution in [0.5, 0.6) is 0 Å². The second-order valence-corrected chi connectivity index (χ2v) is 3.88. The zero-order chi connectivity index (χ0) is 10.7. The largest absolute Gasteiger partial charge is 0.326 e. The van der Waals surface area contributed by atoms with E-state index in [1.54, 1.807) is 12.1 Å². The van der Waals surface area contributed by atoms with Gasteiger partial charge in [0.15, 0.2) is 11.1 Å². The van der Waals surface area contributed by atoms with Crippen molar-refractivity contribution in [3.63, 3.8) is 0 Å². The van der Waals surface area contributed by atoms with E-state index < -0.39 is 11.1 Å². The van der Waals surface area contributed by atoms with Crippen LogP contribution in [0.4, 0.5) is 5.69 Å². The van der Waals surface area contributed by atoms with Crippen LogP contribution in [-0.2, 0) is 15.9 Å². The molecule has 0 radical (unpaired) electrons. The summed E-state index contributed by atoms with van der Waals surface area (Å²) in [6, 6.07) is 4.73. The van der Waals surface area contributed by atoms with Crippen molar-refractivity contribution < 1.29 is 13.6 Å². The van der Waals surface area contributed by atoms with Crippen molar-refractivity contribution in [2.24, 2.45) is 0 Å². The number of benzene rings is 1. The fourth-order valence-electron chi connectivity index (χ4n) is 1.03. The molecule has 0 aliphatic carbocycles. The maximum absolute atomic E-state index is 10.8. The van der Waals surface area contributed by atoms with E-state index in [9.17, 15) is 9.00 Å². The molecule has 5 heteroatoms. The molecule has 0 aromatic heterocycles. The first-order valence-corrected chi connectivity index (χ1v) is 5.10. The molecule has 2 N–H and O–H groups in total. The number of carbonyl (C=O) groups excluding carboxylic acids is 1. The quantitative estimate of drug-likeness (QED) is 0.732. The van der Waals surface area contributed by atoms with E-state index >= 15 is 0 Å². The highest BCUT2D eigenvalue weighted by Crippen LogP contribution is 2.18. The summed E-state index contributed by atoms with van der Waals surface area (Å²) in [6.07, 6.45) is 0. The van der Waals surface area contributed by atoms with Gasteiger partial charge in [-0.15, -0.1) is 0 Å². The fourth-order valence-corrected chi connectivity index (χ4v) is 1.44. The fraction of sp³-hybridized carbons (Fsp3) is 0.222. The number of amides is 1. The van der Waals surface area contributed by atoms with Gasteiger partial charge in [-0.05, 0) is 24.6 Å². The SMILES string of the molecule is CC(=O)Nc1cc(S(=O)O)ccc1C. The number of anilines is 1. The molecule has 1 aromatic rings. The Morgan fingerprint density at radius 2 is 2.14 bits per heavy atom. The molecule has 0 saturated carbocycles. The van der Waals surface area contributed by atoms with Crippen molar-refractivity contribution in [1.29, 1.82) is 0 Å². The summed E-state index contributed by atoms with van der Waals surface area (Å²) < 4.78 is 19.6. The number of aryl methyl sites for hydroxylation is 1. The van der Waals surface area contributed by atoms with Crippen LogP contribution in [0.1, 0.15) is 12.5 Å². The molecule has 0 fully saturated rings. The van der Waals surface area contributed by atoms with Gasteiger partial charge in [-0.2, -0.15) is 0 Å². The lowest BCUT2D eigenvalue weighted by atomic mass is 10.2. The lowest BCUT2D eigenvalue weighted by Crippen LogP contribution is -2.07. The molecule has 0 bridgehead atoms. The molecule has 0 saturated heterocycles. The lowest BCUT2D eigenvalue weighted by molar-refractivity contribution is -0.114. The molecule has 1 rings (SSSR count). The Hall–Kier alpha value is -1.20. The number of nitrogens with one attached hydrogen (secondary N) is 1. The van der Waals surface area contributed by atoms with Crippen LogP contribution in [0.3, 0.4) is 0 Å². The summed E-state index contributed by atoms with van der Waals surface area (Å²) in [5.41, 5.74) is 1.42. The van der Waals surface area contributed by atoms with E-state index in [0.29, 0.717) is 5.69 Å². The van der Waals surface area contributed by atoms with Gasteiger partial charge in [0.1, 0.15) is 0 Å². The van der Waals surface area contributed by atoms with Gasteiger partial charge in [0, 0.05) is 12.6 Å². The van der Waals surface area contributed by atoms with Crippen LogP contribution >= 0.6 is 0 Å². The van der Waals surface area contributed by atoms with Gasteiger partial charge in [0.2, 0.25) is 5.91 Å². The molecule has 1 amide bonds. The number of rotatable bonds is 2. The highest BCUT2D eigenvalue weighted by molar-refractivity contribution is 7.79. The molecule has 0 spiro atoms. The van der Waals surface area contributed by atoms with Crippen molar-refractivity contribution in [1.82, 2.24) is 0 Å². The average molecular weight is 213 g/mol. The Balaban J connectivity index is 3.08. The van der Waals surface area contributed by atoms with Gasteiger partial charge in [-0.1, -0.05) is 6.07 Å². The number of hydrogen-bond donors (Lipinski definition) is 2. The molecule has 0 aliphatic heterocycles. The topological polar surface area (TPSA) is 66.4 Å². The smallest absolute Gasteiger partial charge is 0.221 e. The molecule has 0 aliphatic rings. The third kappa shape index (κ3) is 2.65. The first-order chi connectivity index (χ1) is 6.50. The van der Waals surface area contributed by atoms with Gasteiger partial charge in [0.05, 0.1) is 4.90 Å². The average Bonchev–Trinajstić information content (AvgIpc) is 2.07. The van der Waals surface area contributed by atoms with E-state index in [-0.39, 0.29) is 10.8 Å². The molecular formula is C9H11NO3S. The van der Waals surface area contributed by atoms with Crippen LogP contribution in [0, 0.1) is 6.92 Å². The van der Waals surface area contributed by atoms with Crippen molar-refractivity contribution in [3.05, 3.63) is 23.8 Å². The van der Waals surface area contributed by atoms with Gasteiger partial charge >= 0.3 is 0 Å². The van der Waals surface area contributed by atoms with E-state index in [1.165, 1.54) is 13.0 Å². The first-order valence-electron chi connectivity index (χ1n) is 4.00. The van der Waals surface area contributed by atoms with Crippen LogP contribution in [0.2, 0.25) is 0 Å². The third-order valence-electron chi connectivity index (χ3n) is 1.72. The van der Waals surface area contributed by atoms with E-state index in [4.69, 9.17) is 4.55 Å². The van der Waals surface area contributed by atoms with E-state index in [2.05, 4.69) is 5.32 Å². The summed E-state index contributed by atoms with van der Waals surface area (Å²) in [6.45, 7) is 3.21. The molecule has 0 heterocycles. The monoisotopic (exact) mass is 213 g/mol. The maximum Gasteiger partial charge on any atom is 0.221 e.